The van der Waals surface area contributed by atoms with Gasteiger partial charge in [-0.2, -0.15) is 0 Å². The number of ether oxygens (including phenoxy) is 1. The van der Waals surface area contributed by atoms with Crippen molar-refractivity contribution in [2.24, 2.45) is 0 Å². The fourth-order valence-electron chi connectivity index (χ4n) is 2.22. The Balaban J connectivity index is 1.83. The molecular formula is C17H22N2O3. The lowest BCUT2D eigenvalue weighted by Crippen LogP contribution is -2.38. The van der Waals surface area contributed by atoms with E-state index in [1.807, 2.05) is 37.3 Å². The summed E-state index contributed by atoms with van der Waals surface area (Å²) in [4.78, 5) is 14.2. The van der Waals surface area contributed by atoms with Crippen LogP contribution in [0.1, 0.15) is 28.5 Å². The molecule has 2 atom stereocenters. The number of nitrogens with one attached hydrogen (secondary N) is 2. The molecule has 5 nitrogen and oxygen atoms in total. The molecule has 2 unspecified atom stereocenters. The fourth-order valence-corrected chi connectivity index (χ4v) is 2.22. The molecule has 0 amide bonds. The van der Waals surface area contributed by atoms with Crippen LogP contribution in [0.4, 0.5) is 0 Å². The van der Waals surface area contributed by atoms with Gasteiger partial charge in [-0.05, 0) is 30.5 Å². The lowest BCUT2D eigenvalue weighted by atomic mass is 10.0. The Morgan fingerprint density at radius 3 is 2.73 bits per heavy atom. The quantitative estimate of drug-likeness (QED) is 0.683. The van der Waals surface area contributed by atoms with Gasteiger partial charge in [0.15, 0.2) is 0 Å². The highest BCUT2D eigenvalue weighted by atomic mass is 16.5. The molecule has 0 radical (unpaired) electrons. The molecule has 0 spiro atoms. The first-order valence-electron chi connectivity index (χ1n) is 7.31. The molecule has 0 bridgehead atoms. The van der Waals surface area contributed by atoms with Crippen LogP contribution in [0.25, 0.3) is 0 Å². The first-order valence-corrected chi connectivity index (χ1v) is 7.31. The number of hydrogen-bond donors (Lipinski definition) is 3. The van der Waals surface area contributed by atoms with Crippen LogP contribution >= 0.6 is 0 Å². The van der Waals surface area contributed by atoms with Gasteiger partial charge in [0.05, 0.1) is 13.2 Å². The number of methoxy groups -OCH3 is 1. The Hall–Kier alpha value is -2.11. The second-order valence-corrected chi connectivity index (χ2v) is 5.34. The first-order chi connectivity index (χ1) is 10.6. The van der Waals surface area contributed by atoms with E-state index in [9.17, 15) is 9.90 Å². The highest BCUT2D eigenvalue weighted by molar-refractivity contribution is 5.87. The van der Waals surface area contributed by atoms with E-state index < -0.39 is 6.10 Å². The number of aromatic amines is 1. The molecule has 1 heterocycles. The molecule has 118 valence electrons. The van der Waals surface area contributed by atoms with Gasteiger partial charge in [0.2, 0.25) is 0 Å². The first kappa shape index (κ1) is 16.3. The van der Waals surface area contributed by atoms with Crippen molar-refractivity contribution >= 4 is 5.97 Å². The van der Waals surface area contributed by atoms with Crippen LogP contribution in [0.2, 0.25) is 0 Å². The molecule has 5 heteroatoms. The number of H-pyrrole nitrogens is 1. The maximum atomic E-state index is 11.4. The zero-order chi connectivity index (χ0) is 15.9. The van der Waals surface area contributed by atoms with Crippen LogP contribution in [-0.4, -0.2) is 35.3 Å². The van der Waals surface area contributed by atoms with Crippen molar-refractivity contribution in [2.75, 3.05) is 7.11 Å². The van der Waals surface area contributed by atoms with Crippen molar-refractivity contribution < 1.29 is 14.6 Å². The number of esters is 1. The molecule has 3 N–H and O–H groups in total. The normalized spacial score (nSPS) is 13.6. The molecule has 0 saturated heterocycles. The van der Waals surface area contributed by atoms with Gasteiger partial charge in [0, 0.05) is 18.8 Å². The zero-order valence-electron chi connectivity index (χ0n) is 12.9. The number of hydrogen-bond acceptors (Lipinski definition) is 4. The standard InChI is InChI=1S/C17H22N2O3/c1-12(16(20)9-13-6-4-3-5-7-13)18-10-14-8-15(19-11-14)17(21)22-2/h3-8,11-12,16,18-20H,9-10H2,1-2H3. The Morgan fingerprint density at radius 2 is 2.05 bits per heavy atom. The fraction of sp³-hybridized carbons (Fsp3) is 0.353. The van der Waals surface area contributed by atoms with Gasteiger partial charge in [0.25, 0.3) is 0 Å². The molecule has 0 aliphatic rings. The summed E-state index contributed by atoms with van der Waals surface area (Å²) < 4.78 is 4.65. The molecule has 0 saturated carbocycles. The summed E-state index contributed by atoms with van der Waals surface area (Å²) in [7, 11) is 1.35. The van der Waals surface area contributed by atoms with E-state index in [0.29, 0.717) is 18.7 Å². The molecule has 0 fully saturated rings. The van der Waals surface area contributed by atoms with Crippen LogP contribution in [0.15, 0.2) is 42.6 Å². The van der Waals surface area contributed by atoms with Crippen molar-refractivity contribution in [3.63, 3.8) is 0 Å². The Morgan fingerprint density at radius 1 is 1.32 bits per heavy atom. The summed E-state index contributed by atoms with van der Waals surface area (Å²) in [6, 6.07) is 11.6. The maximum absolute atomic E-state index is 11.4. The number of rotatable bonds is 7. The monoisotopic (exact) mass is 302 g/mol. The molecule has 2 aromatic rings. The van der Waals surface area contributed by atoms with Crippen LogP contribution in [0, 0.1) is 0 Å². The number of aromatic nitrogens is 1. The SMILES string of the molecule is COC(=O)c1cc(CNC(C)C(O)Cc2ccccc2)c[nH]1. The number of aliphatic hydroxyl groups is 1. The molecule has 1 aromatic carbocycles. The lowest BCUT2D eigenvalue weighted by Gasteiger charge is -2.20. The number of aliphatic hydroxyl groups excluding tert-OH is 1. The minimum Gasteiger partial charge on any atom is -0.464 e. The van der Waals surface area contributed by atoms with E-state index >= 15 is 0 Å². The van der Waals surface area contributed by atoms with E-state index in [1.165, 1.54) is 7.11 Å². The van der Waals surface area contributed by atoms with E-state index in [4.69, 9.17) is 0 Å². The Kier molecular flexibility index (Phi) is 5.75. The average Bonchev–Trinajstić information content (AvgIpc) is 3.01. The lowest BCUT2D eigenvalue weighted by molar-refractivity contribution is 0.0594. The van der Waals surface area contributed by atoms with E-state index in [1.54, 1.807) is 12.3 Å². The summed E-state index contributed by atoms with van der Waals surface area (Å²) in [6.07, 6.45) is 1.90. The molecular weight excluding hydrogens is 280 g/mol. The average molecular weight is 302 g/mol. The minimum absolute atomic E-state index is 0.0586. The van der Waals surface area contributed by atoms with Crippen molar-refractivity contribution in [1.29, 1.82) is 0 Å². The smallest absolute Gasteiger partial charge is 0.354 e. The Labute approximate surface area is 130 Å². The van der Waals surface area contributed by atoms with Gasteiger partial charge in [-0.3, -0.25) is 0 Å². The summed E-state index contributed by atoms with van der Waals surface area (Å²) in [5.74, 6) is -0.386. The summed E-state index contributed by atoms with van der Waals surface area (Å²) in [5, 5.41) is 13.5. The third-order valence-corrected chi connectivity index (χ3v) is 3.64. The second-order valence-electron chi connectivity index (χ2n) is 5.34. The topological polar surface area (TPSA) is 74.3 Å². The summed E-state index contributed by atoms with van der Waals surface area (Å²) >= 11 is 0. The Bertz CT molecular complexity index is 595. The zero-order valence-corrected chi connectivity index (χ0v) is 12.9. The largest absolute Gasteiger partial charge is 0.464 e. The summed E-state index contributed by atoms with van der Waals surface area (Å²) in [5.41, 5.74) is 2.48. The van der Waals surface area contributed by atoms with Gasteiger partial charge < -0.3 is 20.1 Å². The third kappa shape index (κ3) is 4.44. The van der Waals surface area contributed by atoms with Crippen LogP contribution in [0.5, 0.6) is 0 Å². The predicted molar refractivity (Wildman–Crippen MR) is 84.6 cm³/mol. The highest BCUT2D eigenvalue weighted by Gasteiger charge is 2.15. The van der Waals surface area contributed by atoms with E-state index in [2.05, 4.69) is 15.0 Å². The van der Waals surface area contributed by atoms with Crippen LogP contribution in [0.3, 0.4) is 0 Å². The van der Waals surface area contributed by atoms with Crippen LogP contribution < -0.4 is 5.32 Å². The van der Waals surface area contributed by atoms with E-state index in [-0.39, 0.29) is 12.0 Å². The van der Waals surface area contributed by atoms with Gasteiger partial charge in [-0.15, -0.1) is 0 Å². The molecule has 2 rings (SSSR count). The molecule has 22 heavy (non-hydrogen) atoms. The van der Waals surface area contributed by atoms with Crippen molar-refractivity contribution in [2.45, 2.75) is 32.0 Å². The van der Waals surface area contributed by atoms with Gasteiger partial charge >= 0.3 is 5.97 Å². The minimum atomic E-state index is -0.471. The molecule has 1 aromatic heterocycles. The number of benzene rings is 1. The summed E-state index contributed by atoms with van der Waals surface area (Å²) in [6.45, 7) is 2.52. The van der Waals surface area contributed by atoms with Gasteiger partial charge in [-0.25, -0.2) is 4.79 Å². The molecule has 0 aliphatic carbocycles. The van der Waals surface area contributed by atoms with Gasteiger partial charge in [0.1, 0.15) is 5.69 Å². The second kappa shape index (κ2) is 7.77. The number of carbonyl (C=O) groups is 1. The van der Waals surface area contributed by atoms with E-state index in [0.717, 1.165) is 11.1 Å². The highest BCUT2D eigenvalue weighted by Crippen LogP contribution is 2.08. The third-order valence-electron chi connectivity index (χ3n) is 3.64. The van der Waals surface area contributed by atoms with Crippen LogP contribution in [-0.2, 0) is 17.7 Å². The van der Waals surface area contributed by atoms with Crippen molar-refractivity contribution in [3.8, 4) is 0 Å². The maximum Gasteiger partial charge on any atom is 0.354 e. The predicted octanol–water partition coefficient (Wildman–Crippen LogP) is 1.88. The van der Waals surface area contributed by atoms with Gasteiger partial charge in [-0.1, -0.05) is 30.3 Å². The number of carbonyl (C=O) groups excluding carboxylic acids is 1. The van der Waals surface area contributed by atoms with Crippen molar-refractivity contribution in [3.05, 3.63) is 59.4 Å². The molecule has 0 aliphatic heterocycles. The van der Waals surface area contributed by atoms with Crippen molar-refractivity contribution in [1.82, 2.24) is 10.3 Å².